The van der Waals surface area contributed by atoms with Crippen LogP contribution in [0.1, 0.15) is 34.8 Å². The van der Waals surface area contributed by atoms with Crippen molar-refractivity contribution in [3.63, 3.8) is 0 Å². The molecule has 0 saturated heterocycles. The number of benzene rings is 3. The molecule has 0 fully saturated rings. The SMILES string of the molecule is CCC1Oc2ccc(NC(=O)c3ccccc3OC)cc2CN(Cc2ccc(OC)cc2)C1=O. The summed E-state index contributed by atoms with van der Waals surface area (Å²) >= 11 is 0. The zero-order chi connectivity index (χ0) is 24.1. The van der Waals surface area contributed by atoms with Crippen LogP contribution < -0.4 is 19.5 Å². The molecule has 2 amide bonds. The highest BCUT2D eigenvalue weighted by atomic mass is 16.5. The first kappa shape index (κ1) is 23.2. The van der Waals surface area contributed by atoms with Crippen molar-refractivity contribution >= 4 is 17.5 Å². The molecule has 3 aromatic rings. The highest BCUT2D eigenvalue weighted by Crippen LogP contribution is 2.31. The number of ether oxygens (including phenoxy) is 3. The first-order valence-corrected chi connectivity index (χ1v) is 11.2. The third-order valence-corrected chi connectivity index (χ3v) is 5.79. The molecule has 1 N–H and O–H groups in total. The van der Waals surface area contributed by atoms with Gasteiger partial charge in [-0.05, 0) is 54.4 Å². The second-order valence-electron chi connectivity index (χ2n) is 8.03. The van der Waals surface area contributed by atoms with Gasteiger partial charge in [0.25, 0.3) is 11.8 Å². The average molecular weight is 461 g/mol. The molecule has 7 nitrogen and oxygen atoms in total. The molecule has 0 saturated carbocycles. The maximum Gasteiger partial charge on any atom is 0.264 e. The lowest BCUT2D eigenvalue weighted by molar-refractivity contribution is -0.139. The Kier molecular flexibility index (Phi) is 7.01. The number of methoxy groups -OCH3 is 2. The fourth-order valence-electron chi connectivity index (χ4n) is 3.96. The molecule has 0 aliphatic carbocycles. The van der Waals surface area contributed by atoms with Gasteiger partial charge in [-0.25, -0.2) is 0 Å². The first-order chi connectivity index (χ1) is 16.5. The van der Waals surface area contributed by atoms with Gasteiger partial charge in [0.15, 0.2) is 6.10 Å². The number of hydrogen-bond donors (Lipinski definition) is 1. The van der Waals surface area contributed by atoms with E-state index in [2.05, 4.69) is 5.32 Å². The molecular weight excluding hydrogens is 432 g/mol. The highest BCUT2D eigenvalue weighted by Gasteiger charge is 2.30. The van der Waals surface area contributed by atoms with E-state index in [4.69, 9.17) is 14.2 Å². The molecule has 34 heavy (non-hydrogen) atoms. The number of amides is 2. The summed E-state index contributed by atoms with van der Waals surface area (Å²) < 4.78 is 16.6. The lowest BCUT2D eigenvalue weighted by Gasteiger charge is -2.23. The van der Waals surface area contributed by atoms with Crippen molar-refractivity contribution in [1.82, 2.24) is 4.90 Å². The Morgan fingerprint density at radius 2 is 1.82 bits per heavy atom. The van der Waals surface area contributed by atoms with Gasteiger partial charge in [0.05, 0.1) is 19.8 Å². The molecule has 1 aliphatic heterocycles. The molecule has 0 bridgehead atoms. The molecule has 0 aromatic heterocycles. The van der Waals surface area contributed by atoms with Crippen LogP contribution in [-0.4, -0.2) is 37.0 Å². The number of fused-ring (bicyclic) bond motifs is 1. The van der Waals surface area contributed by atoms with Gasteiger partial charge in [0.2, 0.25) is 0 Å². The second kappa shape index (κ2) is 10.3. The fourth-order valence-corrected chi connectivity index (χ4v) is 3.96. The topological polar surface area (TPSA) is 77.1 Å². The van der Waals surface area contributed by atoms with Gasteiger partial charge in [0, 0.05) is 24.3 Å². The number of rotatable bonds is 7. The third-order valence-electron chi connectivity index (χ3n) is 5.79. The van der Waals surface area contributed by atoms with E-state index < -0.39 is 6.10 Å². The minimum absolute atomic E-state index is 0.0610. The highest BCUT2D eigenvalue weighted by molar-refractivity contribution is 6.06. The predicted molar refractivity (Wildman–Crippen MR) is 129 cm³/mol. The summed E-state index contributed by atoms with van der Waals surface area (Å²) in [4.78, 5) is 27.8. The van der Waals surface area contributed by atoms with Crippen molar-refractivity contribution in [2.45, 2.75) is 32.5 Å². The van der Waals surface area contributed by atoms with Crippen molar-refractivity contribution in [3.8, 4) is 17.2 Å². The molecule has 7 heteroatoms. The van der Waals surface area contributed by atoms with Crippen LogP contribution in [0, 0.1) is 0 Å². The number of carbonyl (C=O) groups excluding carboxylic acids is 2. The lowest BCUT2D eigenvalue weighted by Crippen LogP contribution is -2.38. The van der Waals surface area contributed by atoms with E-state index in [0.717, 1.165) is 16.9 Å². The van der Waals surface area contributed by atoms with E-state index in [-0.39, 0.29) is 11.8 Å². The van der Waals surface area contributed by atoms with Crippen LogP contribution in [0.5, 0.6) is 17.2 Å². The Morgan fingerprint density at radius 3 is 2.53 bits per heavy atom. The van der Waals surface area contributed by atoms with Gasteiger partial charge in [-0.15, -0.1) is 0 Å². The van der Waals surface area contributed by atoms with Crippen molar-refractivity contribution in [2.24, 2.45) is 0 Å². The largest absolute Gasteiger partial charge is 0.497 e. The zero-order valence-corrected chi connectivity index (χ0v) is 19.5. The van der Waals surface area contributed by atoms with Crippen LogP contribution in [-0.2, 0) is 17.9 Å². The summed E-state index contributed by atoms with van der Waals surface area (Å²) in [5, 5.41) is 2.93. The van der Waals surface area contributed by atoms with Crippen LogP contribution in [0.4, 0.5) is 5.69 Å². The minimum Gasteiger partial charge on any atom is -0.497 e. The molecule has 1 unspecified atom stereocenters. The fraction of sp³-hybridized carbons (Fsp3) is 0.259. The third kappa shape index (κ3) is 4.98. The second-order valence-corrected chi connectivity index (χ2v) is 8.03. The summed E-state index contributed by atoms with van der Waals surface area (Å²) in [6.07, 6.45) is -0.00235. The summed E-state index contributed by atoms with van der Waals surface area (Å²) in [7, 11) is 3.15. The Morgan fingerprint density at radius 1 is 1.06 bits per heavy atom. The van der Waals surface area contributed by atoms with Crippen LogP contribution in [0.25, 0.3) is 0 Å². The summed E-state index contributed by atoms with van der Waals surface area (Å²) in [6, 6.07) is 20.2. The van der Waals surface area contributed by atoms with Crippen molar-refractivity contribution in [2.75, 3.05) is 19.5 Å². The smallest absolute Gasteiger partial charge is 0.264 e. The molecule has 0 radical (unpaired) electrons. The minimum atomic E-state index is -0.562. The molecule has 4 rings (SSSR count). The molecule has 1 aliphatic rings. The van der Waals surface area contributed by atoms with Crippen molar-refractivity contribution in [3.05, 3.63) is 83.4 Å². The molecule has 1 atom stereocenters. The van der Waals surface area contributed by atoms with Gasteiger partial charge in [-0.2, -0.15) is 0 Å². The maximum absolute atomic E-state index is 13.2. The van der Waals surface area contributed by atoms with Gasteiger partial charge in [0.1, 0.15) is 17.2 Å². The number of anilines is 1. The predicted octanol–water partition coefficient (Wildman–Crippen LogP) is 4.66. The van der Waals surface area contributed by atoms with E-state index in [1.807, 2.05) is 43.3 Å². The first-order valence-electron chi connectivity index (χ1n) is 11.2. The normalized spacial score (nSPS) is 15.1. The number of nitrogens with zero attached hydrogens (tertiary/aromatic N) is 1. The lowest BCUT2D eigenvalue weighted by atomic mass is 10.1. The van der Waals surface area contributed by atoms with Crippen molar-refractivity contribution in [1.29, 1.82) is 0 Å². The Bertz CT molecular complexity index is 1180. The summed E-state index contributed by atoms with van der Waals surface area (Å²) in [5.41, 5.74) is 2.88. The van der Waals surface area contributed by atoms with Crippen molar-refractivity contribution < 1.29 is 23.8 Å². The van der Waals surface area contributed by atoms with Gasteiger partial charge >= 0.3 is 0 Å². The van der Waals surface area contributed by atoms with Gasteiger partial charge in [-0.1, -0.05) is 31.2 Å². The van der Waals surface area contributed by atoms with Gasteiger partial charge in [-0.3, -0.25) is 9.59 Å². The Labute approximate surface area is 199 Å². The Hall–Kier alpha value is -4.00. The standard InChI is InChI=1S/C27H28N2O5/c1-4-23-27(31)29(16-18-9-12-21(32-2)13-10-18)17-19-15-20(11-14-24(19)34-23)28-26(30)22-7-5-6-8-25(22)33-3/h5-15,23H,4,16-17H2,1-3H3,(H,28,30). The number of nitrogens with one attached hydrogen (secondary N) is 1. The molecule has 0 spiro atoms. The molecule has 1 heterocycles. The average Bonchev–Trinajstić information content (AvgIpc) is 3.00. The summed E-state index contributed by atoms with van der Waals surface area (Å²) in [6.45, 7) is 2.75. The van der Waals surface area contributed by atoms with Crippen LogP contribution in [0.15, 0.2) is 66.7 Å². The molecule has 3 aromatic carbocycles. The monoisotopic (exact) mass is 460 g/mol. The maximum atomic E-state index is 13.2. The number of hydrogen-bond acceptors (Lipinski definition) is 5. The Balaban J connectivity index is 1.58. The van der Waals surface area contributed by atoms with Crippen LogP contribution in [0.2, 0.25) is 0 Å². The van der Waals surface area contributed by atoms with E-state index in [0.29, 0.717) is 42.3 Å². The van der Waals surface area contributed by atoms with E-state index in [1.54, 1.807) is 42.3 Å². The molecular formula is C27H28N2O5. The number of para-hydroxylation sites is 1. The van der Waals surface area contributed by atoms with E-state index in [1.165, 1.54) is 7.11 Å². The quantitative estimate of drug-likeness (QED) is 0.555. The number of carbonyl (C=O) groups is 2. The van der Waals surface area contributed by atoms with Crippen LogP contribution >= 0.6 is 0 Å². The molecule has 176 valence electrons. The van der Waals surface area contributed by atoms with E-state index in [9.17, 15) is 9.59 Å². The van der Waals surface area contributed by atoms with E-state index >= 15 is 0 Å². The zero-order valence-electron chi connectivity index (χ0n) is 19.5. The van der Waals surface area contributed by atoms with Crippen LogP contribution in [0.3, 0.4) is 0 Å². The summed E-state index contributed by atoms with van der Waals surface area (Å²) in [5.74, 6) is 1.58. The van der Waals surface area contributed by atoms with Gasteiger partial charge < -0.3 is 24.4 Å².